The fourth-order valence-corrected chi connectivity index (χ4v) is 7.70. The minimum atomic E-state index is -0.181. The van der Waals surface area contributed by atoms with Crippen LogP contribution < -0.4 is 16.4 Å². The van der Waals surface area contributed by atoms with Crippen molar-refractivity contribution in [3.63, 3.8) is 0 Å². The van der Waals surface area contributed by atoms with Gasteiger partial charge in [0, 0.05) is 104 Å². The van der Waals surface area contributed by atoms with E-state index in [0.29, 0.717) is 61.8 Å². The monoisotopic (exact) mass is 842 g/mol. The molecule has 0 aliphatic carbocycles. The van der Waals surface area contributed by atoms with Gasteiger partial charge in [0.05, 0.1) is 33.5 Å². The first-order valence-corrected chi connectivity index (χ1v) is 19.3. The minimum Gasteiger partial charge on any atom is -0.360 e. The molecule has 54 heavy (non-hydrogen) atoms. The van der Waals surface area contributed by atoms with Crippen LogP contribution in [0, 0.1) is 0 Å². The lowest BCUT2D eigenvalue weighted by Crippen LogP contribution is -2.41. The number of rotatable bonds is 12. The number of nitrogens with two attached hydrogens (primary N) is 1. The molecule has 4 heterocycles. The van der Waals surface area contributed by atoms with Crippen LogP contribution in [0.3, 0.4) is 0 Å². The Bertz CT molecular complexity index is 2510. The molecule has 0 aliphatic heterocycles. The van der Waals surface area contributed by atoms with Gasteiger partial charge in [0.25, 0.3) is 11.8 Å². The Labute approximate surface area is 327 Å². The quantitative estimate of drug-likeness (QED) is 0.0843. The number of para-hydroxylation sites is 2. The standard InChI is InChI=1S/C42H36Br2N8O2/c43-25-9-11-35-29(19-25)33(23-48-35)39-21-31(27-5-1-3-7-37(27)50-39)41(53)46-14-17-52(16-13-45)18-15-47-42(54)32-22-40(51-38-8-4-2-6-28(32)38)34-24-49-36-12-10-26(44)20-30(34)36/h1-12,19-24,48-49H,13-18,45H2,(H,46,53)(H,47,54). The fourth-order valence-electron chi connectivity index (χ4n) is 6.98. The van der Waals surface area contributed by atoms with Gasteiger partial charge >= 0.3 is 0 Å². The predicted octanol–water partition coefficient (Wildman–Crippen LogP) is 8.03. The van der Waals surface area contributed by atoms with E-state index in [4.69, 9.17) is 15.7 Å². The molecule has 0 spiro atoms. The van der Waals surface area contributed by atoms with E-state index >= 15 is 0 Å². The van der Waals surface area contributed by atoms with Crippen molar-refractivity contribution in [2.45, 2.75) is 0 Å². The normalized spacial score (nSPS) is 11.6. The van der Waals surface area contributed by atoms with Crippen molar-refractivity contribution >= 4 is 87.3 Å². The second kappa shape index (κ2) is 15.5. The second-order valence-electron chi connectivity index (χ2n) is 13.1. The van der Waals surface area contributed by atoms with Crippen LogP contribution in [-0.2, 0) is 0 Å². The SMILES string of the molecule is NCCN(CCNC(=O)c1cc(-c2c[nH]c3ccc(Br)cc23)nc2ccccc12)CCNC(=O)c1cc(-c2c[nH]c3ccc(Br)cc23)nc2ccccc12. The van der Waals surface area contributed by atoms with Crippen LogP contribution >= 0.6 is 31.9 Å². The summed E-state index contributed by atoms with van der Waals surface area (Å²) in [4.78, 5) is 46.1. The number of amides is 2. The van der Waals surface area contributed by atoms with Gasteiger partial charge in [-0.3, -0.25) is 14.5 Å². The Morgan fingerprint density at radius 2 is 1.07 bits per heavy atom. The van der Waals surface area contributed by atoms with Crippen molar-refractivity contribution in [3.05, 3.63) is 130 Å². The average Bonchev–Trinajstić information content (AvgIpc) is 3.80. The van der Waals surface area contributed by atoms with Crippen LogP contribution in [0.1, 0.15) is 20.7 Å². The summed E-state index contributed by atoms with van der Waals surface area (Å²) in [5, 5.41) is 9.83. The first kappa shape index (κ1) is 35.6. The van der Waals surface area contributed by atoms with Gasteiger partial charge in [-0.2, -0.15) is 0 Å². The first-order chi connectivity index (χ1) is 26.4. The highest BCUT2D eigenvalue weighted by molar-refractivity contribution is 9.10. The lowest BCUT2D eigenvalue weighted by molar-refractivity contribution is 0.0950. The summed E-state index contributed by atoms with van der Waals surface area (Å²) in [5.41, 5.74) is 13.8. The molecule has 4 aromatic carbocycles. The number of halogens is 2. The number of carbonyl (C=O) groups is 2. The van der Waals surface area contributed by atoms with Crippen molar-refractivity contribution < 1.29 is 9.59 Å². The zero-order valence-electron chi connectivity index (χ0n) is 29.1. The van der Waals surface area contributed by atoms with E-state index in [2.05, 4.69) is 57.4 Å². The van der Waals surface area contributed by atoms with E-state index in [9.17, 15) is 9.59 Å². The molecular formula is C42H36Br2N8O2. The fraction of sp³-hybridized carbons (Fsp3) is 0.143. The molecule has 0 saturated heterocycles. The molecule has 0 atom stereocenters. The molecule has 0 unspecified atom stereocenters. The molecule has 270 valence electrons. The Morgan fingerprint density at radius 3 is 1.54 bits per heavy atom. The zero-order valence-corrected chi connectivity index (χ0v) is 32.3. The first-order valence-electron chi connectivity index (χ1n) is 17.7. The van der Waals surface area contributed by atoms with Crippen LogP contribution in [0.4, 0.5) is 0 Å². The summed E-state index contributed by atoms with van der Waals surface area (Å²) in [7, 11) is 0. The number of benzene rings is 4. The molecule has 4 aromatic heterocycles. The molecule has 8 aromatic rings. The summed E-state index contributed by atoms with van der Waals surface area (Å²) in [6.07, 6.45) is 3.86. The largest absolute Gasteiger partial charge is 0.360 e. The summed E-state index contributed by atoms with van der Waals surface area (Å²) in [6.45, 7) is 2.98. The third-order valence-corrected chi connectivity index (χ3v) is 10.6. The molecule has 12 heteroatoms. The Balaban J connectivity index is 0.947. The zero-order chi connectivity index (χ0) is 37.2. The highest BCUT2D eigenvalue weighted by Gasteiger charge is 2.18. The summed E-state index contributed by atoms with van der Waals surface area (Å²) < 4.78 is 1.93. The van der Waals surface area contributed by atoms with E-state index in [-0.39, 0.29) is 11.8 Å². The molecule has 2 amide bonds. The van der Waals surface area contributed by atoms with Gasteiger partial charge < -0.3 is 26.3 Å². The van der Waals surface area contributed by atoms with Gasteiger partial charge in [0.2, 0.25) is 0 Å². The van der Waals surface area contributed by atoms with E-state index < -0.39 is 0 Å². The molecule has 0 bridgehead atoms. The van der Waals surface area contributed by atoms with Crippen molar-refractivity contribution in [3.8, 4) is 22.5 Å². The lowest BCUT2D eigenvalue weighted by atomic mass is 10.0. The molecule has 0 aliphatic rings. The average molecular weight is 845 g/mol. The van der Waals surface area contributed by atoms with E-state index in [1.165, 1.54) is 0 Å². The number of hydrogen-bond acceptors (Lipinski definition) is 6. The third-order valence-electron chi connectivity index (χ3n) is 9.63. The maximum atomic E-state index is 13.7. The van der Waals surface area contributed by atoms with Crippen LogP contribution in [0.5, 0.6) is 0 Å². The maximum absolute atomic E-state index is 13.7. The number of hydrogen-bond donors (Lipinski definition) is 5. The van der Waals surface area contributed by atoms with Crippen molar-refractivity contribution in [2.24, 2.45) is 5.73 Å². The number of carbonyl (C=O) groups excluding carboxylic acids is 2. The van der Waals surface area contributed by atoms with Crippen LogP contribution in [-0.4, -0.2) is 75.9 Å². The number of nitrogens with one attached hydrogen (secondary N) is 4. The topological polar surface area (TPSA) is 145 Å². The highest BCUT2D eigenvalue weighted by Crippen LogP contribution is 2.34. The number of fused-ring (bicyclic) bond motifs is 4. The van der Waals surface area contributed by atoms with Gasteiger partial charge in [-0.15, -0.1) is 0 Å². The Hall–Kier alpha value is -5.40. The molecular weight excluding hydrogens is 808 g/mol. The number of H-pyrrole nitrogens is 2. The van der Waals surface area contributed by atoms with E-state index in [1.54, 1.807) is 0 Å². The van der Waals surface area contributed by atoms with Crippen LogP contribution in [0.15, 0.2) is 118 Å². The van der Waals surface area contributed by atoms with E-state index in [1.807, 2.05) is 109 Å². The van der Waals surface area contributed by atoms with E-state index in [0.717, 1.165) is 63.7 Å². The maximum Gasteiger partial charge on any atom is 0.252 e. The van der Waals surface area contributed by atoms with Crippen molar-refractivity contribution in [1.82, 2.24) is 35.5 Å². The van der Waals surface area contributed by atoms with Gasteiger partial charge in [-0.05, 0) is 60.7 Å². The molecule has 0 radical (unpaired) electrons. The van der Waals surface area contributed by atoms with Gasteiger partial charge in [-0.25, -0.2) is 9.97 Å². The summed E-state index contributed by atoms with van der Waals surface area (Å²) >= 11 is 7.15. The third kappa shape index (κ3) is 7.25. The minimum absolute atomic E-state index is 0.181. The molecule has 10 nitrogen and oxygen atoms in total. The van der Waals surface area contributed by atoms with Gasteiger partial charge in [0.1, 0.15) is 0 Å². The number of nitrogens with zero attached hydrogens (tertiary/aromatic N) is 3. The summed E-state index contributed by atoms with van der Waals surface area (Å²) in [5.74, 6) is -0.361. The molecule has 0 fully saturated rings. The Morgan fingerprint density at radius 1 is 0.611 bits per heavy atom. The smallest absolute Gasteiger partial charge is 0.252 e. The predicted molar refractivity (Wildman–Crippen MR) is 224 cm³/mol. The van der Waals surface area contributed by atoms with Crippen molar-refractivity contribution in [1.29, 1.82) is 0 Å². The van der Waals surface area contributed by atoms with Crippen LogP contribution in [0.2, 0.25) is 0 Å². The Kier molecular flexibility index (Phi) is 10.2. The second-order valence-corrected chi connectivity index (χ2v) is 14.9. The summed E-state index contributed by atoms with van der Waals surface area (Å²) in [6, 6.07) is 31.2. The molecule has 8 rings (SSSR count). The van der Waals surface area contributed by atoms with Crippen molar-refractivity contribution in [2.75, 3.05) is 39.3 Å². The lowest BCUT2D eigenvalue weighted by Gasteiger charge is -2.22. The number of aromatic nitrogens is 4. The number of pyridine rings is 2. The molecule has 0 saturated carbocycles. The van der Waals surface area contributed by atoms with Crippen LogP contribution in [0.25, 0.3) is 66.1 Å². The van der Waals surface area contributed by atoms with Gasteiger partial charge in [0.15, 0.2) is 0 Å². The molecule has 6 N–H and O–H groups in total. The van der Waals surface area contributed by atoms with Gasteiger partial charge in [-0.1, -0.05) is 68.3 Å². The number of aromatic amines is 2. The highest BCUT2D eigenvalue weighted by atomic mass is 79.9.